The number of hydrogen-bond donors (Lipinski definition) is 2. The zero-order chi connectivity index (χ0) is 14.5. The average Bonchev–Trinajstić information content (AvgIpc) is 2.78. The number of aromatic nitrogens is 1. The summed E-state index contributed by atoms with van der Waals surface area (Å²) in [7, 11) is 0. The highest BCUT2D eigenvalue weighted by Crippen LogP contribution is 2.21. The number of nitrogens with two attached hydrogens (primary N) is 1. The van der Waals surface area contributed by atoms with E-state index in [1.54, 1.807) is 17.5 Å². The van der Waals surface area contributed by atoms with Gasteiger partial charge in [-0.25, -0.2) is 0 Å². The van der Waals surface area contributed by atoms with Crippen molar-refractivity contribution >= 4 is 22.9 Å². The van der Waals surface area contributed by atoms with Crippen molar-refractivity contribution < 1.29 is 4.79 Å². The van der Waals surface area contributed by atoms with Gasteiger partial charge < -0.3 is 11.1 Å². The van der Waals surface area contributed by atoms with E-state index in [-0.39, 0.29) is 17.3 Å². The number of benzene rings is 1. The van der Waals surface area contributed by atoms with E-state index in [1.165, 1.54) is 4.57 Å². The van der Waals surface area contributed by atoms with E-state index in [9.17, 15) is 9.59 Å². The summed E-state index contributed by atoms with van der Waals surface area (Å²) < 4.78 is 1.48. The Kier molecular flexibility index (Phi) is 4.57. The largest absolute Gasteiger partial charge is 0.399 e. The summed E-state index contributed by atoms with van der Waals surface area (Å²) in [5.41, 5.74) is 7.95. The van der Waals surface area contributed by atoms with Gasteiger partial charge in [-0.1, -0.05) is 30.4 Å². The normalized spacial score (nSPS) is 10.4. The number of thiazole rings is 1. The fraction of sp³-hybridized carbons (Fsp3) is 0.286. The fourth-order valence-electron chi connectivity index (χ4n) is 1.87. The third kappa shape index (κ3) is 3.27. The number of anilines is 1. The van der Waals surface area contributed by atoms with Gasteiger partial charge in [0.1, 0.15) is 6.54 Å². The molecule has 0 aliphatic heterocycles. The fourth-order valence-corrected chi connectivity index (χ4v) is 2.63. The average molecular weight is 291 g/mol. The Hall–Kier alpha value is -2.08. The Morgan fingerprint density at radius 1 is 1.45 bits per heavy atom. The molecule has 106 valence electrons. The Balaban J connectivity index is 2.28. The van der Waals surface area contributed by atoms with Gasteiger partial charge in [0.15, 0.2) is 0 Å². The lowest BCUT2D eigenvalue weighted by Gasteiger charge is -2.08. The third-order valence-corrected chi connectivity index (χ3v) is 3.60. The van der Waals surface area contributed by atoms with Gasteiger partial charge in [0, 0.05) is 23.2 Å². The van der Waals surface area contributed by atoms with Crippen molar-refractivity contribution in [3.05, 3.63) is 39.3 Å². The maximum atomic E-state index is 11.9. The van der Waals surface area contributed by atoms with Crippen LogP contribution in [0.4, 0.5) is 5.69 Å². The van der Waals surface area contributed by atoms with Crippen LogP contribution in [0.2, 0.25) is 0 Å². The Labute approximate surface area is 121 Å². The molecule has 1 aromatic carbocycles. The number of nitrogen functional groups attached to an aromatic ring is 1. The lowest BCUT2D eigenvalue weighted by atomic mass is 10.1. The van der Waals surface area contributed by atoms with Crippen LogP contribution < -0.4 is 15.9 Å². The van der Waals surface area contributed by atoms with Gasteiger partial charge >= 0.3 is 4.87 Å². The number of amides is 1. The molecule has 2 rings (SSSR count). The summed E-state index contributed by atoms with van der Waals surface area (Å²) in [6.45, 7) is 2.63. The van der Waals surface area contributed by atoms with Crippen molar-refractivity contribution in [2.45, 2.75) is 19.9 Å². The van der Waals surface area contributed by atoms with Gasteiger partial charge in [-0.05, 0) is 18.6 Å². The van der Waals surface area contributed by atoms with Crippen molar-refractivity contribution in [2.24, 2.45) is 0 Å². The van der Waals surface area contributed by atoms with Crippen LogP contribution in [0.3, 0.4) is 0 Å². The van der Waals surface area contributed by atoms with Crippen LogP contribution in [0.1, 0.15) is 13.3 Å². The lowest BCUT2D eigenvalue weighted by Crippen LogP contribution is -2.31. The maximum absolute atomic E-state index is 11.9. The van der Waals surface area contributed by atoms with Gasteiger partial charge in [0.05, 0.1) is 5.69 Å². The molecule has 0 unspecified atom stereocenters. The predicted octanol–water partition coefficient (Wildman–Crippen LogP) is 1.69. The molecule has 5 nitrogen and oxygen atoms in total. The number of carbonyl (C=O) groups excluding carboxylic acids is 1. The molecular formula is C14H17N3O2S. The number of hydrogen-bond acceptors (Lipinski definition) is 4. The Morgan fingerprint density at radius 2 is 2.25 bits per heavy atom. The minimum absolute atomic E-state index is 0.0342. The van der Waals surface area contributed by atoms with Crippen LogP contribution in [-0.2, 0) is 11.3 Å². The first-order valence-corrected chi connectivity index (χ1v) is 7.30. The first-order chi connectivity index (χ1) is 9.61. The van der Waals surface area contributed by atoms with E-state index in [1.807, 2.05) is 19.1 Å². The van der Waals surface area contributed by atoms with Gasteiger partial charge in [0.2, 0.25) is 5.91 Å². The minimum atomic E-state index is -0.155. The molecule has 20 heavy (non-hydrogen) atoms. The Morgan fingerprint density at radius 3 is 2.95 bits per heavy atom. The number of nitrogens with one attached hydrogen (secondary N) is 1. The topological polar surface area (TPSA) is 77.1 Å². The molecule has 0 saturated carbocycles. The smallest absolute Gasteiger partial charge is 0.308 e. The Bertz CT molecular complexity index is 660. The molecule has 0 atom stereocenters. The monoisotopic (exact) mass is 291 g/mol. The molecule has 0 saturated heterocycles. The summed E-state index contributed by atoms with van der Waals surface area (Å²) in [5, 5.41) is 4.52. The van der Waals surface area contributed by atoms with Crippen molar-refractivity contribution in [1.82, 2.24) is 9.88 Å². The molecule has 2 aromatic rings. The molecule has 0 aliphatic rings. The van der Waals surface area contributed by atoms with E-state index in [0.29, 0.717) is 12.2 Å². The molecule has 0 bridgehead atoms. The van der Waals surface area contributed by atoms with Crippen LogP contribution in [0.5, 0.6) is 0 Å². The van der Waals surface area contributed by atoms with Crippen molar-refractivity contribution in [3.8, 4) is 11.3 Å². The van der Waals surface area contributed by atoms with E-state index in [4.69, 9.17) is 5.73 Å². The highest BCUT2D eigenvalue weighted by molar-refractivity contribution is 7.07. The summed E-state index contributed by atoms with van der Waals surface area (Å²) >= 11 is 1.08. The second kappa shape index (κ2) is 6.38. The standard InChI is InChI=1S/C14H17N3O2S/c1-2-6-16-13(18)8-17-12(9-20-14(17)19)10-4-3-5-11(15)7-10/h3-5,7,9H,2,6,8,15H2,1H3,(H,16,18). The highest BCUT2D eigenvalue weighted by atomic mass is 32.1. The van der Waals surface area contributed by atoms with Crippen LogP contribution in [-0.4, -0.2) is 17.0 Å². The van der Waals surface area contributed by atoms with Crippen LogP contribution >= 0.6 is 11.3 Å². The minimum Gasteiger partial charge on any atom is -0.399 e. The summed E-state index contributed by atoms with van der Waals surface area (Å²) in [6.07, 6.45) is 0.867. The van der Waals surface area contributed by atoms with E-state index in [2.05, 4.69) is 5.32 Å². The SMILES string of the molecule is CCCNC(=O)Cn1c(-c2cccc(N)c2)csc1=O. The molecule has 0 radical (unpaired) electrons. The molecule has 1 aromatic heterocycles. The summed E-state index contributed by atoms with van der Waals surface area (Å²) in [6, 6.07) is 7.28. The molecule has 1 heterocycles. The number of carbonyl (C=O) groups is 1. The van der Waals surface area contributed by atoms with E-state index >= 15 is 0 Å². The van der Waals surface area contributed by atoms with Gasteiger partial charge in [-0.3, -0.25) is 14.2 Å². The van der Waals surface area contributed by atoms with Gasteiger partial charge in [0.25, 0.3) is 0 Å². The van der Waals surface area contributed by atoms with Gasteiger partial charge in [-0.15, -0.1) is 0 Å². The molecule has 0 fully saturated rings. The van der Waals surface area contributed by atoms with Crippen LogP contribution in [0, 0.1) is 0 Å². The number of nitrogens with zero attached hydrogens (tertiary/aromatic N) is 1. The second-order valence-corrected chi connectivity index (χ2v) is 5.27. The van der Waals surface area contributed by atoms with E-state index in [0.717, 1.165) is 29.0 Å². The molecular weight excluding hydrogens is 274 g/mol. The molecule has 0 aliphatic carbocycles. The quantitative estimate of drug-likeness (QED) is 0.823. The first kappa shape index (κ1) is 14.3. The molecule has 3 N–H and O–H groups in total. The second-order valence-electron chi connectivity index (χ2n) is 4.45. The van der Waals surface area contributed by atoms with E-state index < -0.39 is 0 Å². The van der Waals surface area contributed by atoms with Crippen LogP contribution in [0.15, 0.2) is 34.4 Å². The van der Waals surface area contributed by atoms with Crippen molar-refractivity contribution in [3.63, 3.8) is 0 Å². The summed E-state index contributed by atoms with van der Waals surface area (Å²) in [5.74, 6) is -0.155. The zero-order valence-electron chi connectivity index (χ0n) is 11.3. The summed E-state index contributed by atoms with van der Waals surface area (Å²) in [4.78, 5) is 23.5. The van der Waals surface area contributed by atoms with Crippen molar-refractivity contribution in [1.29, 1.82) is 0 Å². The predicted molar refractivity (Wildman–Crippen MR) is 81.7 cm³/mol. The molecule has 0 spiro atoms. The molecule has 1 amide bonds. The van der Waals surface area contributed by atoms with Crippen LogP contribution in [0.25, 0.3) is 11.3 Å². The maximum Gasteiger partial charge on any atom is 0.308 e. The first-order valence-electron chi connectivity index (χ1n) is 6.42. The highest BCUT2D eigenvalue weighted by Gasteiger charge is 2.12. The third-order valence-electron chi connectivity index (χ3n) is 2.84. The number of rotatable bonds is 5. The zero-order valence-corrected chi connectivity index (χ0v) is 12.1. The van der Waals surface area contributed by atoms with Gasteiger partial charge in [-0.2, -0.15) is 0 Å². The molecule has 6 heteroatoms. The van der Waals surface area contributed by atoms with Crippen molar-refractivity contribution in [2.75, 3.05) is 12.3 Å². The lowest BCUT2D eigenvalue weighted by molar-refractivity contribution is -0.121.